The Balaban J connectivity index is 1.80. The molecule has 1 N–H and O–H groups in total. The molecule has 0 bridgehead atoms. The predicted octanol–water partition coefficient (Wildman–Crippen LogP) is 4.95. The Bertz CT molecular complexity index is 976. The lowest BCUT2D eigenvalue weighted by molar-refractivity contribution is -0.118. The summed E-state index contributed by atoms with van der Waals surface area (Å²) >= 11 is 0. The Morgan fingerprint density at radius 2 is 1.85 bits per heavy atom. The highest BCUT2D eigenvalue weighted by Crippen LogP contribution is 2.35. The molecule has 27 heavy (non-hydrogen) atoms. The van der Waals surface area contributed by atoms with Crippen LogP contribution in [-0.2, 0) is 4.79 Å². The van der Waals surface area contributed by atoms with Crippen LogP contribution < -0.4 is 10.2 Å². The molecule has 4 nitrogen and oxygen atoms in total. The van der Waals surface area contributed by atoms with Crippen LogP contribution in [0.25, 0.3) is 22.2 Å². The lowest BCUT2D eigenvalue weighted by atomic mass is 9.99. The van der Waals surface area contributed by atoms with Crippen LogP contribution in [0.2, 0.25) is 0 Å². The summed E-state index contributed by atoms with van der Waals surface area (Å²) in [5.41, 5.74) is 5.07. The molecule has 2 heterocycles. The normalized spacial score (nSPS) is 14.4. The number of benzene rings is 2. The van der Waals surface area contributed by atoms with Crippen molar-refractivity contribution in [1.82, 2.24) is 4.98 Å². The molecule has 0 saturated carbocycles. The minimum absolute atomic E-state index is 0.0299. The van der Waals surface area contributed by atoms with Gasteiger partial charge in [-0.05, 0) is 30.2 Å². The fourth-order valence-electron chi connectivity index (χ4n) is 3.49. The second-order valence-electron chi connectivity index (χ2n) is 7.78. The van der Waals surface area contributed by atoms with Gasteiger partial charge in [-0.1, -0.05) is 51.1 Å². The molecule has 1 fully saturated rings. The summed E-state index contributed by atoms with van der Waals surface area (Å²) in [6.07, 6.45) is 0. The van der Waals surface area contributed by atoms with Crippen molar-refractivity contribution in [2.24, 2.45) is 11.8 Å². The molecule has 0 spiro atoms. The molecule has 0 atom stereocenters. The van der Waals surface area contributed by atoms with E-state index in [4.69, 9.17) is 4.98 Å². The van der Waals surface area contributed by atoms with Gasteiger partial charge in [0.1, 0.15) is 0 Å². The maximum atomic E-state index is 12.1. The van der Waals surface area contributed by atoms with Crippen LogP contribution in [0.15, 0.2) is 54.6 Å². The van der Waals surface area contributed by atoms with E-state index in [9.17, 15) is 4.79 Å². The quantitative estimate of drug-likeness (QED) is 0.717. The van der Waals surface area contributed by atoms with Gasteiger partial charge in [0, 0.05) is 41.3 Å². The first-order chi connectivity index (χ1) is 13.0. The number of carbonyl (C=O) groups excluding carboxylic acids is 1. The number of hydrogen-bond acceptors (Lipinski definition) is 3. The highest BCUT2D eigenvalue weighted by molar-refractivity contribution is 5.99. The molecule has 1 amide bonds. The average molecular weight is 359 g/mol. The summed E-state index contributed by atoms with van der Waals surface area (Å²) < 4.78 is 0. The van der Waals surface area contributed by atoms with Gasteiger partial charge in [0.25, 0.3) is 0 Å². The van der Waals surface area contributed by atoms with Crippen LogP contribution in [0.5, 0.6) is 0 Å². The molecule has 2 aromatic carbocycles. The number of nitrogens with zero attached hydrogens (tertiary/aromatic N) is 2. The number of pyridine rings is 1. The van der Waals surface area contributed by atoms with E-state index >= 15 is 0 Å². The monoisotopic (exact) mass is 359 g/mol. The molecular weight excluding hydrogens is 334 g/mol. The fraction of sp³-hybridized carbons (Fsp3) is 0.304. The maximum Gasteiger partial charge on any atom is 0.226 e. The predicted molar refractivity (Wildman–Crippen MR) is 112 cm³/mol. The molecule has 0 unspecified atom stereocenters. The lowest BCUT2D eigenvalue weighted by Gasteiger charge is -2.40. The van der Waals surface area contributed by atoms with Crippen LogP contribution in [0, 0.1) is 11.8 Å². The van der Waals surface area contributed by atoms with E-state index in [-0.39, 0.29) is 11.8 Å². The van der Waals surface area contributed by atoms with Crippen LogP contribution in [0.4, 0.5) is 11.4 Å². The molecule has 0 radical (unpaired) electrons. The van der Waals surface area contributed by atoms with Crippen molar-refractivity contribution in [3.8, 4) is 11.3 Å². The third kappa shape index (κ3) is 3.52. The van der Waals surface area contributed by atoms with E-state index < -0.39 is 0 Å². The topological polar surface area (TPSA) is 45.2 Å². The average Bonchev–Trinajstić information content (AvgIpc) is 2.65. The number of fused-ring (bicyclic) bond motifs is 1. The Labute approximate surface area is 160 Å². The second kappa shape index (κ2) is 7.03. The molecule has 4 heteroatoms. The molecule has 1 aliphatic heterocycles. The van der Waals surface area contributed by atoms with Crippen LogP contribution in [0.3, 0.4) is 0 Å². The Hall–Kier alpha value is -2.88. The fourth-order valence-corrected chi connectivity index (χ4v) is 3.49. The largest absolute Gasteiger partial charge is 0.370 e. The highest BCUT2D eigenvalue weighted by Gasteiger charge is 2.25. The summed E-state index contributed by atoms with van der Waals surface area (Å²) in [7, 11) is 0. The summed E-state index contributed by atoms with van der Waals surface area (Å²) in [4.78, 5) is 19.4. The third-order valence-corrected chi connectivity index (χ3v) is 5.05. The van der Waals surface area contributed by atoms with E-state index in [2.05, 4.69) is 41.4 Å². The Morgan fingerprint density at radius 1 is 1.11 bits per heavy atom. The summed E-state index contributed by atoms with van der Waals surface area (Å²) in [6, 6.07) is 18.5. The van der Waals surface area contributed by atoms with Gasteiger partial charge in [-0.3, -0.25) is 4.79 Å². The molecular formula is C23H25N3O. The van der Waals surface area contributed by atoms with Crippen LogP contribution >= 0.6 is 0 Å². The first-order valence-corrected chi connectivity index (χ1v) is 9.57. The number of aromatic nitrogens is 1. The van der Waals surface area contributed by atoms with Crippen molar-refractivity contribution in [1.29, 1.82) is 0 Å². The highest BCUT2D eigenvalue weighted by atomic mass is 16.1. The molecule has 4 rings (SSSR count). The summed E-state index contributed by atoms with van der Waals surface area (Å²) in [5.74, 6) is 0.689. The van der Waals surface area contributed by atoms with Crippen LogP contribution in [0.1, 0.15) is 20.8 Å². The van der Waals surface area contributed by atoms with Gasteiger partial charge in [0.2, 0.25) is 5.91 Å². The summed E-state index contributed by atoms with van der Waals surface area (Å²) in [6.45, 7) is 8.17. The van der Waals surface area contributed by atoms with Crippen molar-refractivity contribution in [3.05, 3.63) is 54.6 Å². The van der Waals surface area contributed by atoms with Gasteiger partial charge in [0.05, 0.1) is 11.2 Å². The zero-order valence-electron chi connectivity index (χ0n) is 16.1. The molecule has 1 aromatic heterocycles. The van der Waals surface area contributed by atoms with E-state index in [0.29, 0.717) is 5.92 Å². The summed E-state index contributed by atoms with van der Waals surface area (Å²) in [5, 5.41) is 4.09. The Kier molecular flexibility index (Phi) is 4.56. The number of hydrogen-bond donors (Lipinski definition) is 1. The maximum absolute atomic E-state index is 12.1. The van der Waals surface area contributed by atoms with Gasteiger partial charge in [-0.2, -0.15) is 0 Å². The smallest absolute Gasteiger partial charge is 0.226 e. The van der Waals surface area contributed by atoms with Crippen molar-refractivity contribution >= 4 is 28.2 Å². The van der Waals surface area contributed by atoms with Crippen LogP contribution in [-0.4, -0.2) is 24.0 Å². The first-order valence-electron chi connectivity index (χ1n) is 9.57. The zero-order valence-corrected chi connectivity index (χ0v) is 16.1. The number of anilines is 2. The number of carbonyl (C=O) groups is 1. The van der Waals surface area contributed by atoms with Crippen molar-refractivity contribution in [2.45, 2.75) is 20.8 Å². The number of rotatable bonds is 4. The van der Waals surface area contributed by atoms with E-state index in [1.807, 2.05) is 44.2 Å². The first kappa shape index (κ1) is 17.5. The zero-order chi connectivity index (χ0) is 19.0. The molecule has 1 aliphatic rings. The van der Waals surface area contributed by atoms with Gasteiger partial charge in [-0.25, -0.2) is 4.98 Å². The van der Waals surface area contributed by atoms with Crippen molar-refractivity contribution < 1.29 is 4.79 Å². The number of nitrogens with one attached hydrogen (secondary N) is 1. The van der Waals surface area contributed by atoms with Gasteiger partial charge in [0.15, 0.2) is 0 Å². The second-order valence-corrected chi connectivity index (χ2v) is 7.78. The molecule has 0 aliphatic carbocycles. The Morgan fingerprint density at radius 3 is 2.52 bits per heavy atom. The standard InChI is InChI=1S/C23H25N3O/c1-15(2)23(27)24-18-9-10-20-19(11-18)22(26-13-16(3)14-26)12-21(25-20)17-7-5-4-6-8-17/h4-12,15-16H,13-14H2,1-3H3,(H,24,27). The SMILES string of the molecule is CC1CN(c2cc(-c3ccccc3)nc3ccc(NC(=O)C(C)C)cc23)C1. The van der Waals surface area contributed by atoms with Crippen molar-refractivity contribution in [3.63, 3.8) is 0 Å². The molecule has 3 aromatic rings. The van der Waals surface area contributed by atoms with E-state index in [1.165, 1.54) is 5.69 Å². The van der Waals surface area contributed by atoms with Crippen molar-refractivity contribution in [2.75, 3.05) is 23.3 Å². The minimum atomic E-state index is -0.0463. The van der Waals surface area contributed by atoms with Gasteiger partial charge < -0.3 is 10.2 Å². The molecule has 138 valence electrons. The lowest BCUT2D eigenvalue weighted by Crippen LogP contribution is -2.45. The van der Waals surface area contributed by atoms with Gasteiger partial charge >= 0.3 is 0 Å². The van der Waals surface area contributed by atoms with Gasteiger partial charge in [-0.15, -0.1) is 0 Å². The molecule has 1 saturated heterocycles. The van der Waals surface area contributed by atoms with E-state index in [0.717, 1.165) is 40.9 Å². The van der Waals surface area contributed by atoms with E-state index in [1.54, 1.807) is 0 Å². The minimum Gasteiger partial charge on any atom is -0.370 e. The number of amides is 1. The third-order valence-electron chi connectivity index (χ3n) is 5.05.